The molecule has 0 spiro atoms. The average molecular weight is 299 g/mol. The summed E-state index contributed by atoms with van der Waals surface area (Å²) in [5.41, 5.74) is 5.83. The fraction of sp³-hybridized carbons (Fsp3) is 0.286. The molecule has 0 saturated carbocycles. The Morgan fingerprint density at radius 1 is 1.10 bits per heavy atom. The van der Waals surface area contributed by atoms with E-state index in [1.54, 1.807) is 13.8 Å². The van der Waals surface area contributed by atoms with E-state index in [2.05, 4.69) is 9.97 Å². The zero-order chi connectivity index (χ0) is 15.8. The minimum atomic E-state index is -4.61. The van der Waals surface area contributed by atoms with Crippen LogP contribution in [0.25, 0.3) is 11.4 Å². The van der Waals surface area contributed by atoms with Crippen molar-refractivity contribution in [2.75, 3.05) is 0 Å². The van der Waals surface area contributed by atoms with Crippen LogP contribution in [0.15, 0.2) is 18.2 Å². The lowest BCUT2D eigenvalue weighted by molar-refractivity contribution is -0.137. The molecule has 0 amide bonds. The Bertz CT molecular complexity index is 657. The molecule has 112 valence electrons. The van der Waals surface area contributed by atoms with Crippen LogP contribution in [-0.2, 0) is 12.7 Å². The van der Waals surface area contributed by atoms with E-state index in [1.807, 2.05) is 0 Å². The maximum Gasteiger partial charge on any atom is 0.417 e. The van der Waals surface area contributed by atoms with Crippen LogP contribution in [0, 0.1) is 19.7 Å². The Labute approximate surface area is 118 Å². The van der Waals surface area contributed by atoms with E-state index in [-0.39, 0.29) is 17.9 Å². The average Bonchev–Trinajstić information content (AvgIpc) is 2.36. The van der Waals surface area contributed by atoms with Gasteiger partial charge < -0.3 is 5.73 Å². The van der Waals surface area contributed by atoms with Gasteiger partial charge in [0.2, 0.25) is 0 Å². The normalized spacial score (nSPS) is 11.8. The van der Waals surface area contributed by atoms with Crippen LogP contribution in [0.1, 0.15) is 22.5 Å². The third-order valence-corrected chi connectivity index (χ3v) is 3.15. The van der Waals surface area contributed by atoms with Gasteiger partial charge in [0.15, 0.2) is 5.82 Å². The molecule has 0 bridgehead atoms. The second-order valence-electron chi connectivity index (χ2n) is 4.59. The van der Waals surface area contributed by atoms with Crippen molar-refractivity contribution in [1.29, 1.82) is 0 Å². The molecule has 0 fully saturated rings. The van der Waals surface area contributed by atoms with Gasteiger partial charge in [-0.15, -0.1) is 0 Å². The van der Waals surface area contributed by atoms with Gasteiger partial charge in [-0.2, -0.15) is 13.2 Å². The number of rotatable bonds is 2. The summed E-state index contributed by atoms with van der Waals surface area (Å²) < 4.78 is 52.4. The Balaban J connectivity index is 2.70. The van der Waals surface area contributed by atoms with Crippen molar-refractivity contribution in [3.05, 3.63) is 46.5 Å². The molecule has 0 aliphatic heterocycles. The number of halogens is 4. The standard InChI is InChI=1S/C14H13F4N3/c1-7-11(6-19)8(2)21-13(20-7)10-5-9(15)3-4-12(10)14(16,17)18/h3-5H,6,19H2,1-2H3. The summed E-state index contributed by atoms with van der Waals surface area (Å²) in [6.45, 7) is 3.45. The first-order valence-electron chi connectivity index (χ1n) is 6.15. The lowest BCUT2D eigenvalue weighted by Crippen LogP contribution is -2.11. The van der Waals surface area contributed by atoms with Crippen LogP contribution in [0.2, 0.25) is 0 Å². The Kier molecular flexibility index (Phi) is 3.95. The van der Waals surface area contributed by atoms with Crippen molar-refractivity contribution in [1.82, 2.24) is 9.97 Å². The molecule has 7 heteroatoms. The number of benzene rings is 1. The fourth-order valence-electron chi connectivity index (χ4n) is 2.10. The van der Waals surface area contributed by atoms with Gasteiger partial charge >= 0.3 is 6.18 Å². The van der Waals surface area contributed by atoms with Gasteiger partial charge in [-0.05, 0) is 32.0 Å². The van der Waals surface area contributed by atoms with Crippen LogP contribution in [0.4, 0.5) is 17.6 Å². The summed E-state index contributed by atoms with van der Waals surface area (Å²) in [4.78, 5) is 8.07. The smallest absolute Gasteiger partial charge is 0.326 e. The van der Waals surface area contributed by atoms with Gasteiger partial charge in [0.1, 0.15) is 5.82 Å². The third-order valence-electron chi connectivity index (χ3n) is 3.15. The van der Waals surface area contributed by atoms with E-state index in [0.29, 0.717) is 23.0 Å². The fourth-order valence-corrected chi connectivity index (χ4v) is 2.10. The maximum atomic E-state index is 13.3. The molecule has 0 unspecified atom stereocenters. The van der Waals surface area contributed by atoms with Gasteiger partial charge in [0.25, 0.3) is 0 Å². The van der Waals surface area contributed by atoms with E-state index in [9.17, 15) is 17.6 Å². The highest BCUT2D eigenvalue weighted by atomic mass is 19.4. The molecule has 21 heavy (non-hydrogen) atoms. The van der Waals surface area contributed by atoms with E-state index in [1.165, 1.54) is 0 Å². The first kappa shape index (κ1) is 15.4. The summed E-state index contributed by atoms with van der Waals surface area (Å²) in [7, 11) is 0. The lowest BCUT2D eigenvalue weighted by atomic mass is 10.0. The summed E-state index contributed by atoms with van der Waals surface area (Å²) in [5, 5.41) is 0. The first-order chi connectivity index (χ1) is 9.74. The van der Waals surface area contributed by atoms with Crippen LogP contribution < -0.4 is 5.73 Å². The van der Waals surface area contributed by atoms with Crippen molar-refractivity contribution in [2.45, 2.75) is 26.6 Å². The maximum absolute atomic E-state index is 13.3. The van der Waals surface area contributed by atoms with E-state index >= 15 is 0 Å². The molecular weight excluding hydrogens is 286 g/mol. The van der Waals surface area contributed by atoms with Crippen LogP contribution >= 0.6 is 0 Å². The summed E-state index contributed by atoms with van der Waals surface area (Å²) in [6.07, 6.45) is -4.61. The topological polar surface area (TPSA) is 51.8 Å². The molecule has 0 saturated heterocycles. The molecule has 3 nitrogen and oxygen atoms in total. The number of alkyl halides is 3. The first-order valence-corrected chi connectivity index (χ1v) is 6.15. The molecule has 1 aromatic carbocycles. The molecule has 0 aliphatic rings. The molecule has 0 aliphatic carbocycles. The summed E-state index contributed by atoms with van der Waals surface area (Å²) in [6, 6.07) is 2.25. The molecule has 0 atom stereocenters. The van der Waals surface area contributed by atoms with Gasteiger partial charge in [0, 0.05) is 29.1 Å². The summed E-state index contributed by atoms with van der Waals surface area (Å²) >= 11 is 0. The second kappa shape index (κ2) is 5.40. The SMILES string of the molecule is Cc1nc(-c2cc(F)ccc2C(F)(F)F)nc(C)c1CN. The molecule has 2 rings (SSSR count). The number of aromatic nitrogens is 2. The van der Waals surface area contributed by atoms with Crippen LogP contribution in [-0.4, -0.2) is 9.97 Å². The predicted octanol–water partition coefficient (Wildman–Crippen LogP) is 3.38. The molecule has 1 heterocycles. The van der Waals surface area contributed by atoms with Crippen molar-refractivity contribution in [3.8, 4) is 11.4 Å². The van der Waals surface area contributed by atoms with Gasteiger partial charge in [-0.1, -0.05) is 0 Å². The second-order valence-corrected chi connectivity index (χ2v) is 4.59. The summed E-state index contributed by atoms with van der Waals surface area (Å²) in [5.74, 6) is -0.936. The van der Waals surface area contributed by atoms with Crippen molar-refractivity contribution in [2.24, 2.45) is 5.73 Å². The zero-order valence-corrected chi connectivity index (χ0v) is 11.4. The van der Waals surface area contributed by atoms with Crippen molar-refractivity contribution < 1.29 is 17.6 Å². The predicted molar refractivity (Wildman–Crippen MR) is 69.8 cm³/mol. The Morgan fingerprint density at radius 3 is 2.14 bits per heavy atom. The lowest BCUT2D eigenvalue weighted by Gasteiger charge is -2.14. The quantitative estimate of drug-likeness (QED) is 0.865. The van der Waals surface area contributed by atoms with Crippen molar-refractivity contribution in [3.63, 3.8) is 0 Å². The van der Waals surface area contributed by atoms with Gasteiger partial charge in [-0.25, -0.2) is 14.4 Å². The van der Waals surface area contributed by atoms with E-state index in [4.69, 9.17) is 5.73 Å². The van der Waals surface area contributed by atoms with Gasteiger partial charge in [-0.3, -0.25) is 0 Å². The van der Waals surface area contributed by atoms with E-state index < -0.39 is 17.6 Å². The number of hydrogen-bond donors (Lipinski definition) is 1. The number of aryl methyl sites for hydroxylation is 2. The largest absolute Gasteiger partial charge is 0.417 e. The third kappa shape index (κ3) is 3.02. The van der Waals surface area contributed by atoms with E-state index in [0.717, 1.165) is 12.1 Å². The minimum Gasteiger partial charge on any atom is -0.326 e. The number of hydrogen-bond acceptors (Lipinski definition) is 3. The minimum absolute atomic E-state index is 0.158. The van der Waals surface area contributed by atoms with Crippen LogP contribution in [0.3, 0.4) is 0 Å². The number of nitrogens with zero attached hydrogens (tertiary/aromatic N) is 2. The highest BCUT2D eigenvalue weighted by Crippen LogP contribution is 2.36. The molecule has 2 N–H and O–H groups in total. The van der Waals surface area contributed by atoms with Crippen molar-refractivity contribution >= 4 is 0 Å². The monoisotopic (exact) mass is 299 g/mol. The molecule has 2 aromatic rings. The Morgan fingerprint density at radius 2 is 1.67 bits per heavy atom. The zero-order valence-electron chi connectivity index (χ0n) is 11.4. The number of nitrogens with two attached hydrogens (primary N) is 1. The van der Waals surface area contributed by atoms with Crippen LogP contribution in [0.5, 0.6) is 0 Å². The molecule has 1 aromatic heterocycles. The molecule has 0 radical (unpaired) electrons. The highest BCUT2D eigenvalue weighted by Gasteiger charge is 2.34. The highest BCUT2D eigenvalue weighted by molar-refractivity contribution is 5.62. The molecular formula is C14H13F4N3. The van der Waals surface area contributed by atoms with Gasteiger partial charge in [0.05, 0.1) is 5.56 Å². The Hall–Kier alpha value is -2.02.